The number of nitrogens with one attached hydrogen (secondary N) is 1. The molecule has 1 aliphatic heterocycles. The van der Waals surface area contributed by atoms with Gasteiger partial charge in [0, 0.05) is 24.0 Å². The molecular formula is C21H26ClN3O. The van der Waals surface area contributed by atoms with E-state index in [2.05, 4.69) is 34.5 Å². The van der Waals surface area contributed by atoms with Crippen LogP contribution >= 0.6 is 11.6 Å². The lowest BCUT2D eigenvalue weighted by molar-refractivity contribution is -0.122. The highest BCUT2D eigenvalue weighted by molar-refractivity contribution is 6.30. The van der Waals surface area contributed by atoms with Crippen LogP contribution < -0.4 is 11.1 Å². The van der Waals surface area contributed by atoms with Crippen LogP contribution in [0.2, 0.25) is 5.02 Å². The lowest BCUT2D eigenvalue weighted by atomic mass is 9.89. The van der Waals surface area contributed by atoms with Crippen molar-refractivity contribution < 1.29 is 4.79 Å². The molecule has 26 heavy (non-hydrogen) atoms. The zero-order valence-corrected chi connectivity index (χ0v) is 15.8. The van der Waals surface area contributed by atoms with Crippen molar-refractivity contribution in [2.45, 2.75) is 18.9 Å². The molecule has 2 aromatic carbocycles. The second-order valence-electron chi connectivity index (χ2n) is 7.05. The SMILES string of the molecule is CC(NC(=O)CN1C[C@@H](CN)[C@H](c2ccccc2)C1)c1ccc(Cl)cc1. The van der Waals surface area contributed by atoms with Crippen LogP contribution in [0.3, 0.4) is 0 Å². The quantitative estimate of drug-likeness (QED) is 0.819. The molecule has 1 unspecified atom stereocenters. The Kier molecular flexibility index (Phi) is 6.30. The van der Waals surface area contributed by atoms with Gasteiger partial charge in [0.25, 0.3) is 0 Å². The molecule has 1 fully saturated rings. The largest absolute Gasteiger partial charge is 0.348 e. The highest BCUT2D eigenvalue weighted by Crippen LogP contribution is 2.31. The molecule has 4 nitrogen and oxygen atoms in total. The highest BCUT2D eigenvalue weighted by Gasteiger charge is 2.33. The zero-order chi connectivity index (χ0) is 18.5. The van der Waals surface area contributed by atoms with Gasteiger partial charge in [0.05, 0.1) is 12.6 Å². The number of nitrogens with zero attached hydrogens (tertiary/aromatic N) is 1. The van der Waals surface area contributed by atoms with Crippen LogP contribution in [-0.4, -0.2) is 37.0 Å². The molecule has 5 heteroatoms. The third-order valence-electron chi connectivity index (χ3n) is 5.16. The number of likely N-dealkylation sites (tertiary alicyclic amines) is 1. The fraction of sp³-hybridized carbons (Fsp3) is 0.381. The van der Waals surface area contributed by atoms with Crippen molar-refractivity contribution >= 4 is 17.5 Å². The fourth-order valence-electron chi connectivity index (χ4n) is 3.73. The van der Waals surface area contributed by atoms with Crippen LogP contribution in [0, 0.1) is 5.92 Å². The first-order valence-electron chi connectivity index (χ1n) is 9.09. The monoisotopic (exact) mass is 371 g/mol. The van der Waals surface area contributed by atoms with Gasteiger partial charge in [-0.1, -0.05) is 54.1 Å². The Balaban J connectivity index is 1.57. The van der Waals surface area contributed by atoms with Crippen LogP contribution in [0.4, 0.5) is 0 Å². The number of nitrogens with two attached hydrogens (primary N) is 1. The Hall–Kier alpha value is -1.88. The Labute approximate surface area is 160 Å². The second-order valence-corrected chi connectivity index (χ2v) is 7.48. The van der Waals surface area contributed by atoms with Crippen molar-refractivity contribution in [3.05, 3.63) is 70.7 Å². The zero-order valence-electron chi connectivity index (χ0n) is 15.1. The van der Waals surface area contributed by atoms with E-state index in [0.717, 1.165) is 18.7 Å². The lowest BCUT2D eigenvalue weighted by Crippen LogP contribution is -2.37. The van der Waals surface area contributed by atoms with E-state index in [-0.39, 0.29) is 11.9 Å². The number of carbonyl (C=O) groups is 1. The third kappa shape index (κ3) is 4.64. The number of rotatable bonds is 6. The minimum atomic E-state index is -0.0439. The summed E-state index contributed by atoms with van der Waals surface area (Å²) < 4.78 is 0. The maximum absolute atomic E-state index is 12.5. The van der Waals surface area contributed by atoms with E-state index in [1.807, 2.05) is 37.3 Å². The molecule has 0 aliphatic carbocycles. The van der Waals surface area contributed by atoms with Crippen molar-refractivity contribution in [2.75, 3.05) is 26.2 Å². The van der Waals surface area contributed by atoms with Gasteiger partial charge in [0.1, 0.15) is 0 Å². The van der Waals surface area contributed by atoms with E-state index in [4.69, 9.17) is 17.3 Å². The van der Waals surface area contributed by atoms with Crippen LogP contribution in [0.25, 0.3) is 0 Å². The average Bonchev–Trinajstić information content (AvgIpc) is 3.05. The van der Waals surface area contributed by atoms with Gasteiger partial charge in [-0.3, -0.25) is 9.69 Å². The first kappa shape index (κ1) is 18.9. The summed E-state index contributed by atoms with van der Waals surface area (Å²) in [6.07, 6.45) is 0. The van der Waals surface area contributed by atoms with Crippen molar-refractivity contribution in [1.29, 1.82) is 0 Å². The van der Waals surface area contributed by atoms with Crippen LogP contribution in [0.15, 0.2) is 54.6 Å². The Morgan fingerprint density at radius 2 is 1.88 bits per heavy atom. The number of amides is 1. The molecule has 138 valence electrons. The molecule has 1 amide bonds. The molecule has 0 aromatic heterocycles. The number of carbonyl (C=O) groups excluding carboxylic acids is 1. The smallest absolute Gasteiger partial charge is 0.234 e. The van der Waals surface area contributed by atoms with Gasteiger partial charge in [0.15, 0.2) is 0 Å². The van der Waals surface area contributed by atoms with Gasteiger partial charge < -0.3 is 11.1 Å². The third-order valence-corrected chi connectivity index (χ3v) is 5.41. The summed E-state index contributed by atoms with van der Waals surface area (Å²) in [6.45, 7) is 4.75. The first-order chi connectivity index (χ1) is 12.6. The summed E-state index contributed by atoms with van der Waals surface area (Å²) in [5, 5.41) is 3.77. The van der Waals surface area contributed by atoms with Gasteiger partial charge in [-0.2, -0.15) is 0 Å². The molecule has 3 atom stereocenters. The van der Waals surface area contributed by atoms with Gasteiger partial charge >= 0.3 is 0 Å². The van der Waals surface area contributed by atoms with E-state index >= 15 is 0 Å². The Bertz CT molecular complexity index is 720. The average molecular weight is 372 g/mol. The molecule has 0 saturated carbocycles. The van der Waals surface area contributed by atoms with E-state index in [0.29, 0.717) is 29.9 Å². The lowest BCUT2D eigenvalue weighted by Gasteiger charge is -2.19. The topological polar surface area (TPSA) is 58.4 Å². The maximum atomic E-state index is 12.5. The normalized spacial score (nSPS) is 21.5. The summed E-state index contributed by atoms with van der Waals surface area (Å²) >= 11 is 5.92. The van der Waals surface area contributed by atoms with Crippen LogP contribution in [0.1, 0.15) is 30.0 Å². The summed E-state index contributed by atoms with van der Waals surface area (Å²) in [7, 11) is 0. The van der Waals surface area contributed by atoms with E-state index in [9.17, 15) is 4.79 Å². The molecular weight excluding hydrogens is 346 g/mol. The number of hydrogen-bond acceptors (Lipinski definition) is 3. The predicted octanol–water partition coefficient (Wildman–Crippen LogP) is 3.19. The summed E-state index contributed by atoms with van der Waals surface area (Å²) in [5.41, 5.74) is 8.34. The standard InChI is InChI=1S/C21H26ClN3O/c1-15(16-7-9-19(22)10-8-16)24-21(26)14-25-12-18(11-23)20(13-25)17-5-3-2-4-6-17/h2-10,15,18,20H,11-14,23H2,1H3,(H,24,26)/t15?,18-,20+/m1/s1. The molecule has 0 bridgehead atoms. The van der Waals surface area contributed by atoms with Gasteiger partial charge in [0.2, 0.25) is 5.91 Å². The number of halogens is 1. The molecule has 3 N–H and O–H groups in total. The van der Waals surface area contributed by atoms with Crippen molar-refractivity contribution in [3.63, 3.8) is 0 Å². The minimum Gasteiger partial charge on any atom is -0.348 e. The van der Waals surface area contributed by atoms with Gasteiger partial charge in [-0.25, -0.2) is 0 Å². The number of benzene rings is 2. The second kappa shape index (κ2) is 8.67. The highest BCUT2D eigenvalue weighted by atomic mass is 35.5. The minimum absolute atomic E-state index is 0.0388. The number of hydrogen-bond donors (Lipinski definition) is 2. The molecule has 0 radical (unpaired) electrons. The van der Waals surface area contributed by atoms with E-state index in [1.54, 1.807) is 0 Å². The Morgan fingerprint density at radius 3 is 2.54 bits per heavy atom. The van der Waals surface area contributed by atoms with E-state index in [1.165, 1.54) is 5.56 Å². The molecule has 1 heterocycles. The maximum Gasteiger partial charge on any atom is 0.234 e. The summed E-state index contributed by atoms with van der Waals surface area (Å²) in [4.78, 5) is 14.7. The van der Waals surface area contributed by atoms with Crippen molar-refractivity contribution in [3.8, 4) is 0 Å². The van der Waals surface area contributed by atoms with Crippen molar-refractivity contribution in [1.82, 2.24) is 10.2 Å². The van der Waals surface area contributed by atoms with Gasteiger partial charge in [-0.05, 0) is 42.6 Å². The van der Waals surface area contributed by atoms with E-state index < -0.39 is 0 Å². The molecule has 1 aliphatic rings. The summed E-state index contributed by atoms with van der Waals surface area (Å²) in [6, 6.07) is 18.0. The fourth-order valence-corrected chi connectivity index (χ4v) is 3.86. The Morgan fingerprint density at radius 1 is 1.19 bits per heavy atom. The van der Waals surface area contributed by atoms with Gasteiger partial charge in [-0.15, -0.1) is 0 Å². The van der Waals surface area contributed by atoms with Crippen molar-refractivity contribution in [2.24, 2.45) is 11.7 Å². The molecule has 2 aromatic rings. The summed E-state index contributed by atoms with van der Waals surface area (Å²) in [5.74, 6) is 0.818. The molecule has 0 spiro atoms. The predicted molar refractivity (Wildman–Crippen MR) is 106 cm³/mol. The molecule has 3 rings (SSSR count). The van der Waals surface area contributed by atoms with Crippen LogP contribution in [0.5, 0.6) is 0 Å². The van der Waals surface area contributed by atoms with Crippen LogP contribution in [-0.2, 0) is 4.79 Å². The first-order valence-corrected chi connectivity index (χ1v) is 9.47. The molecule has 1 saturated heterocycles.